The molecule has 4 rings (SSSR count). The summed E-state index contributed by atoms with van der Waals surface area (Å²) in [5.74, 6) is 0.461. The fourth-order valence-corrected chi connectivity index (χ4v) is 4.72. The normalized spacial score (nSPS) is 22.3. The number of hydrogen-bond acceptors (Lipinski definition) is 2. The van der Waals surface area contributed by atoms with E-state index >= 15 is 0 Å². The summed E-state index contributed by atoms with van der Waals surface area (Å²) >= 11 is 0. The SMILES string of the molecule is Cc1cc(C)c2c(c1)N1CCc3ccccc3[C@H]1C[C@H]2CCO. The van der Waals surface area contributed by atoms with E-state index in [2.05, 4.69) is 55.1 Å². The van der Waals surface area contributed by atoms with Crippen LogP contribution in [-0.4, -0.2) is 18.3 Å². The summed E-state index contributed by atoms with van der Waals surface area (Å²) in [6.07, 6.45) is 3.11. The van der Waals surface area contributed by atoms with Gasteiger partial charge in [0.2, 0.25) is 0 Å². The smallest absolute Gasteiger partial charge is 0.0551 e. The van der Waals surface area contributed by atoms with E-state index in [9.17, 15) is 5.11 Å². The van der Waals surface area contributed by atoms with Gasteiger partial charge in [0.15, 0.2) is 0 Å². The Balaban J connectivity index is 1.86. The van der Waals surface area contributed by atoms with Crippen LogP contribution < -0.4 is 4.90 Å². The first-order valence-electron chi connectivity index (χ1n) is 8.75. The molecule has 0 radical (unpaired) electrons. The maximum atomic E-state index is 9.57. The molecule has 2 aliphatic rings. The average Bonchev–Trinajstić information content (AvgIpc) is 2.54. The standard InChI is InChI=1S/C21H25NO/c1-14-11-15(2)21-17(8-10-23)13-19-18-6-4-3-5-16(18)7-9-22(19)20(21)12-14/h3-6,11-12,17,19,23H,7-10,13H2,1-2H3/t17-,19-/m1/s1. The van der Waals surface area contributed by atoms with Gasteiger partial charge < -0.3 is 10.0 Å². The van der Waals surface area contributed by atoms with Crippen molar-refractivity contribution in [3.63, 3.8) is 0 Å². The fraction of sp³-hybridized carbons (Fsp3) is 0.429. The Morgan fingerprint density at radius 2 is 2.00 bits per heavy atom. The minimum absolute atomic E-state index is 0.270. The lowest BCUT2D eigenvalue weighted by Gasteiger charge is -2.46. The van der Waals surface area contributed by atoms with Crippen molar-refractivity contribution in [1.29, 1.82) is 0 Å². The quantitative estimate of drug-likeness (QED) is 0.895. The number of nitrogens with zero attached hydrogens (tertiary/aromatic N) is 1. The number of fused-ring (bicyclic) bond motifs is 5. The average molecular weight is 307 g/mol. The Hall–Kier alpha value is -1.80. The van der Waals surface area contributed by atoms with E-state index in [4.69, 9.17) is 0 Å². The Kier molecular flexibility index (Phi) is 3.65. The van der Waals surface area contributed by atoms with Gasteiger partial charge in [-0.15, -0.1) is 0 Å². The van der Waals surface area contributed by atoms with Crippen molar-refractivity contribution in [2.45, 2.75) is 45.1 Å². The van der Waals surface area contributed by atoms with E-state index in [0.717, 1.165) is 25.8 Å². The molecule has 0 amide bonds. The minimum Gasteiger partial charge on any atom is -0.396 e. The highest BCUT2D eigenvalue weighted by atomic mass is 16.3. The van der Waals surface area contributed by atoms with E-state index in [1.165, 1.54) is 33.5 Å². The second kappa shape index (κ2) is 5.68. The van der Waals surface area contributed by atoms with Crippen molar-refractivity contribution in [3.05, 3.63) is 64.2 Å². The van der Waals surface area contributed by atoms with Gasteiger partial charge in [0.1, 0.15) is 0 Å². The summed E-state index contributed by atoms with van der Waals surface area (Å²) in [6, 6.07) is 14.0. The molecule has 2 aromatic rings. The van der Waals surface area contributed by atoms with Crippen molar-refractivity contribution < 1.29 is 5.11 Å². The first-order chi connectivity index (χ1) is 11.2. The van der Waals surface area contributed by atoms with E-state index in [1.54, 1.807) is 0 Å². The maximum absolute atomic E-state index is 9.57. The van der Waals surface area contributed by atoms with Gasteiger partial charge in [-0.1, -0.05) is 30.3 Å². The highest BCUT2D eigenvalue weighted by Crippen LogP contribution is 2.49. The molecule has 0 spiro atoms. The summed E-state index contributed by atoms with van der Waals surface area (Å²) in [7, 11) is 0. The highest BCUT2D eigenvalue weighted by Gasteiger charge is 2.37. The van der Waals surface area contributed by atoms with Crippen LogP contribution in [-0.2, 0) is 6.42 Å². The van der Waals surface area contributed by atoms with Crippen molar-refractivity contribution in [2.24, 2.45) is 0 Å². The number of aliphatic hydroxyl groups is 1. The number of aryl methyl sites for hydroxylation is 2. The third-order valence-corrected chi connectivity index (χ3v) is 5.62. The molecule has 0 unspecified atom stereocenters. The molecule has 120 valence electrons. The number of aliphatic hydroxyl groups excluding tert-OH is 1. The van der Waals surface area contributed by atoms with Crippen LogP contribution in [0.2, 0.25) is 0 Å². The van der Waals surface area contributed by atoms with Gasteiger partial charge >= 0.3 is 0 Å². The largest absolute Gasteiger partial charge is 0.396 e. The number of rotatable bonds is 2. The zero-order valence-electron chi connectivity index (χ0n) is 14.0. The first kappa shape index (κ1) is 14.8. The van der Waals surface area contributed by atoms with Gasteiger partial charge in [0, 0.05) is 18.8 Å². The molecular formula is C21H25NO. The van der Waals surface area contributed by atoms with Crippen LogP contribution >= 0.6 is 0 Å². The van der Waals surface area contributed by atoms with Gasteiger partial charge in [-0.25, -0.2) is 0 Å². The minimum atomic E-state index is 0.270. The van der Waals surface area contributed by atoms with Crippen LogP contribution in [0.3, 0.4) is 0 Å². The molecule has 2 aliphatic heterocycles. The molecule has 0 aromatic heterocycles. The van der Waals surface area contributed by atoms with Crippen molar-refractivity contribution in [3.8, 4) is 0 Å². The topological polar surface area (TPSA) is 23.5 Å². The van der Waals surface area contributed by atoms with Gasteiger partial charge in [-0.3, -0.25) is 0 Å². The molecule has 23 heavy (non-hydrogen) atoms. The van der Waals surface area contributed by atoms with Gasteiger partial charge in [0.05, 0.1) is 6.04 Å². The molecule has 0 saturated heterocycles. The predicted molar refractivity (Wildman–Crippen MR) is 95.2 cm³/mol. The Morgan fingerprint density at radius 1 is 1.17 bits per heavy atom. The summed E-state index contributed by atoms with van der Waals surface area (Å²) in [5.41, 5.74) is 8.60. The van der Waals surface area contributed by atoms with Gasteiger partial charge in [0.25, 0.3) is 0 Å². The number of hydrogen-bond donors (Lipinski definition) is 1. The maximum Gasteiger partial charge on any atom is 0.0551 e. The third-order valence-electron chi connectivity index (χ3n) is 5.62. The number of anilines is 1. The molecular weight excluding hydrogens is 282 g/mol. The summed E-state index contributed by atoms with van der Waals surface area (Å²) < 4.78 is 0. The molecule has 0 fully saturated rings. The molecule has 0 bridgehead atoms. The monoisotopic (exact) mass is 307 g/mol. The fourth-order valence-electron chi connectivity index (χ4n) is 4.72. The van der Waals surface area contributed by atoms with Crippen LogP contribution in [0.15, 0.2) is 36.4 Å². The van der Waals surface area contributed by atoms with Gasteiger partial charge in [-0.05, 0) is 72.9 Å². The van der Waals surface area contributed by atoms with E-state index < -0.39 is 0 Å². The molecule has 2 atom stereocenters. The zero-order valence-corrected chi connectivity index (χ0v) is 14.0. The summed E-state index contributed by atoms with van der Waals surface area (Å²) in [6.45, 7) is 5.79. The van der Waals surface area contributed by atoms with Gasteiger partial charge in [-0.2, -0.15) is 0 Å². The lowest BCUT2D eigenvalue weighted by Crippen LogP contribution is -2.40. The van der Waals surface area contributed by atoms with E-state index in [0.29, 0.717) is 12.0 Å². The lowest BCUT2D eigenvalue weighted by atomic mass is 9.76. The molecule has 2 heteroatoms. The van der Waals surface area contributed by atoms with Crippen molar-refractivity contribution >= 4 is 5.69 Å². The second-order valence-electron chi connectivity index (χ2n) is 7.12. The third kappa shape index (κ3) is 2.36. The second-order valence-corrected chi connectivity index (χ2v) is 7.12. The van der Waals surface area contributed by atoms with Crippen molar-refractivity contribution in [1.82, 2.24) is 0 Å². The van der Waals surface area contributed by atoms with E-state index in [1.807, 2.05) is 0 Å². The summed E-state index contributed by atoms with van der Waals surface area (Å²) in [4.78, 5) is 2.62. The Bertz CT molecular complexity index is 737. The van der Waals surface area contributed by atoms with Crippen molar-refractivity contribution in [2.75, 3.05) is 18.1 Å². The highest BCUT2D eigenvalue weighted by molar-refractivity contribution is 5.64. The van der Waals surface area contributed by atoms with Crippen LogP contribution in [0, 0.1) is 13.8 Å². The van der Waals surface area contributed by atoms with Crippen LogP contribution in [0.25, 0.3) is 0 Å². The summed E-state index contributed by atoms with van der Waals surface area (Å²) in [5, 5.41) is 9.57. The molecule has 2 aromatic carbocycles. The number of benzene rings is 2. The van der Waals surface area contributed by atoms with Crippen LogP contribution in [0.4, 0.5) is 5.69 Å². The Labute approximate surface area is 138 Å². The predicted octanol–water partition coefficient (Wildman–Crippen LogP) is 4.28. The molecule has 1 N–H and O–H groups in total. The zero-order chi connectivity index (χ0) is 16.0. The Morgan fingerprint density at radius 3 is 2.83 bits per heavy atom. The molecule has 0 saturated carbocycles. The molecule has 2 nitrogen and oxygen atoms in total. The van der Waals surface area contributed by atoms with E-state index in [-0.39, 0.29) is 6.61 Å². The first-order valence-corrected chi connectivity index (χ1v) is 8.75. The molecule has 0 aliphatic carbocycles. The van der Waals surface area contributed by atoms with Crippen LogP contribution in [0.1, 0.15) is 52.6 Å². The molecule has 2 heterocycles. The van der Waals surface area contributed by atoms with Crippen LogP contribution in [0.5, 0.6) is 0 Å². The lowest BCUT2D eigenvalue weighted by molar-refractivity contribution is 0.265.